The number of carbonyl (C=O) groups is 1. The highest BCUT2D eigenvalue weighted by Gasteiger charge is 2.26. The van der Waals surface area contributed by atoms with Crippen LogP contribution in [-0.2, 0) is 19.5 Å². The molecule has 0 radical (unpaired) electrons. The van der Waals surface area contributed by atoms with Crippen molar-refractivity contribution in [3.63, 3.8) is 0 Å². The summed E-state index contributed by atoms with van der Waals surface area (Å²) in [6, 6.07) is 13.6. The second-order valence-corrected chi connectivity index (χ2v) is 9.88. The fraction of sp³-hybridized carbons (Fsp3) is 0.185. The average Bonchev–Trinajstić information content (AvgIpc) is 3.17. The molecule has 1 amide bonds. The van der Waals surface area contributed by atoms with Crippen molar-refractivity contribution in [3.05, 3.63) is 104 Å². The predicted octanol–water partition coefficient (Wildman–Crippen LogP) is 6.97. The summed E-state index contributed by atoms with van der Waals surface area (Å²) < 4.78 is 15.8. The van der Waals surface area contributed by atoms with Crippen LogP contribution in [0.3, 0.4) is 0 Å². The zero-order valence-corrected chi connectivity index (χ0v) is 21.4. The van der Waals surface area contributed by atoms with Crippen LogP contribution in [0.25, 0.3) is 17.0 Å². The van der Waals surface area contributed by atoms with E-state index in [1.807, 2.05) is 24.3 Å². The number of fused-ring (bicyclic) bond motifs is 3. The van der Waals surface area contributed by atoms with Crippen molar-refractivity contribution in [1.29, 1.82) is 0 Å². The Kier molecular flexibility index (Phi) is 7.30. The Hall–Kier alpha value is -2.90. The van der Waals surface area contributed by atoms with Gasteiger partial charge in [-0.2, -0.15) is 0 Å². The normalized spacial score (nSPS) is 13.9. The molecule has 1 aliphatic rings. The third-order valence-electron chi connectivity index (χ3n) is 6.25. The van der Waals surface area contributed by atoms with Gasteiger partial charge in [-0.3, -0.25) is 9.47 Å². The van der Waals surface area contributed by atoms with Crippen LogP contribution < -0.4 is 5.32 Å². The Morgan fingerprint density at radius 2 is 1.89 bits per heavy atom. The maximum absolute atomic E-state index is 14.1. The average molecular weight is 544 g/mol. The summed E-state index contributed by atoms with van der Waals surface area (Å²) in [7, 11) is 0. The van der Waals surface area contributed by atoms with Gasteiger partial charge < -0.3 is 5.32 Å². The van der Waals surface area contributed by atoms with Gasteiger partial charge in [-0.05, 0) is 53.6 Å². The van der Waals surface area contributed by atoms with Gasteiger partial charge in [0.15, 0.2) is 0 Å². The molecule has 0 unspecified atom stereocenters. The molecular weight excluding hydrogens is 522 g/mol. The summed E-state index contributed by atoms with van der Waals surface area (Å²) in [5.74, 6) is -0.350. The lowest BCUT2D eigenvalue weighted by atomic mass is 10.0. The van der Waals surface area contributed by atoms with E-state index in [0.717, 1.165) is 34.3 Å². The standard InChI is InChI=1S/C27H22Cl3FN4O/c28-19-5-6-24-21(13-19)22-16-34(10-1-2-18-3-4-20(29)14-23(18)31)11-8-25(22)35(24)27(36)33-15-17-7-9-32-26(30)12-17/h1-7,9,12-14H,8,10-11,15-16H2,(H,33,36). The van der Waals surface area contributed by atoms with Crippen LogP contribution in [0.15, 0.2) is 60.8 Å². The second-order valence-electron chi connectivity index (χ2n) is 8.62. The molecule has 0 atom stereocenters. The summed E-state index contributed by atoms with van der Waals surface area (Å²) in [6.07, 6.45) is 6.01. The number of rotatable bonds is 5. The number of nitrogens with zero attached hydrogens (tertiary/aromatic N) is 3. The van der Waals surface area contributed by atoms with Gasteiger partial charge in [0.25, 0.3) is 0 Å². The van der Waals surface area contributed by atoms with Crippen LogP contribution in [0.1, 0.15) is 22.4 Å². The first kappa shape index (κ1) is 24.8. The van der Waals surface area contributed by atoms with E-state index in [0.29, 0.717) is 46.8 Å². The van der Waals surface area contributed by atoms with Crippen molar-refractivity contribution in [1.82, 2.24) is 19.8 Å². The molecule has 0 aliphatic carbocycles. The van der Waals surface area contributed by atoms with Crippen molar-refractivity contribution in [2.75, 3.05) is 13.1 Å². The van der Waals surface area contributed by atoms with Crippen molar-refractivity contribution in [3.8, 4) is 0 Å². The fourth-order valence-electron chi connectivity index (χ4n) is 4.55. The molecule has 0 fully saturated rings. The van der Waals surface area contributed by atoms with Gasteiger partial charge in [0.1, 0.15) is 11.0 Å². The summed E-state index contributed by atoms with van der Waals surface area (Å²) >= 11 is 18.1. The topological polar surface area (TPSA) is 50.2 Å². The number of carbonyl (C=O) groups excluding carboxylic acids is 1. The van der Waals surface area contributed by atoms with Crippen molar-refractivity contribution in [2.24, 2.45) is 0 Å². The first-order valence-corrected chi connectivity index (χ1v) is 12.6. The Balaban J connectivity index is 1.37. The van der Waals surface area contributed by atoms with Gasteiger partial charge in [-0.25, -0.2) is 14.2 Å². The first-order chi connectivity index (χ1) is 17.4. The molecule has 0 spiro atoms. The third kappa shape index (κ3) is 5.27. The summed E-state index contributed by atoms with van der Waals surface area (Å²) in [6.45, 7) is 2.39. The van der Waals surface area contributed by atoms with E-state index in [4.69, 9.17) is 34.8 Å². The lowest BCUT2D eigenvalue weighted by molar-refractivity contribution is 0.240. The Morgan fingerprint density at radius 3 is 2.69 bits per heavy atom. The van der Waals surface area contributed by atoms with E-state index in [2.05, 4.69) is 15.2 Å². The minimum Gasteiger partial charge on any atom is -0.333 e. The van der Waals surface area contributed by atoms with E-state index in [9.17, 15) is 9.18 Å². The largest absolute Gasteiger partial charge is 0.333 e. The number of pyridine rings is 1. The van der Waals surface area contributed by atoms with Gasteiger partial charge in [-0.1, -0.05) is 53.0 Å². The van der Waals surface area contributed by atoms with E-state index in [1.165, 1.54) is 6.07 Å². The predicted molar refractivity (Wildman–Crippen MR) is 143 cm³/mol. The second kappa shape index (κ2) is 10.6. The third-order valence-corrected chi connectivity index (χ3v) is 6.93. The van der Waals surface area contributed by atoms with Gasteiger partial charge in [-0.15, -0.1) is 0 Å². The van der Waals surface area contributed by atoms with Crippen LogP contribution in [0.4, 0.5) is 9.18 Å². The van der Waals surface area contributed by atoms with Crippen LogP contribution in [0.5, 0.6) is 0 Å². The highest BCUT2D eigenvalue weighted by atomic mass is 35.5. The highest BCUT2D eigenvalue weighted by molar-refractivity contribution is 6.31. The van der Waals surface area contributed by atoms with Crippen LogP contribution in [0, 0.1) is 5.82 Å². The zero-order chi connectivity index (χ0) is 25.2. The smallest absolute Gasteiger partial charge is 0.326 e. The van der Waals surface area contributed by atoms with Crippen LogP contribution in [-0.4, -0.2) is 33.6 Å². The Morgan fingerprint density at radius 1 is 1.08 bits per heavy atom. The monoisotopic (exact) mass is 542 g/mol. The van der Waals surface area contributed by atoms with Gasteiger partial charge in [0.05, 0.1) is 5.52 Å². The number of benzene rings is 2. The Labute approximate surface area is 223 Å². The van der Waals surface area contributed by atoms with E-state index < -0.39 is 0 Å². The van der Waals surface area contributed by atoms with Crippen molar-refractivity contribution in [2.45, 2.75) is 19.5 Å². The quantitative estimate of drug-likeness (QED) is 0.277. The highest BCUT2D eigenvalue weighted by Crippen LogP contribution is 2.33. The molecule has 5 rings (SSSR count). The molecule has 2 aromatic heterocycles. The minimum absolute atomic E-state index is 0.205. The molecule has 9 heteroatoms. The first-order valence-electron chi connectivity index (χ1n) is 11.4. The molecule has 0 saturated heterocycles. The Bertz CT molecular complexity index is 1480. The van der Waals surface area contributed by atoms with Gasteiger partial charge in [0, 0.05) is 65.5 Å². The molecule has 0 saturated carbocycles. The summed E-state index contributed by atoms with van der Waals surface area (Å²) in [5, 5.41) is 5.32. The van der Waals surface area contributed by atoms with Gasteiger partial charge in [0.2, 0.25) is 0 Å². The number of amides is 1. The summed E-state index contributed by atoms with van der Waals surface area (Å²) in [5.41, 5.74) is 4.23. The molecule has 5 nitrogen and oxygen atoms in total. The number of halogens is 4. The maximum atomic E-state index is 14.1. The van der Waals surface area contributed by atoms with E-state index in [1.54, 1.807) is 41.1 Å². The fourth-order valence-corrected chi connectivity index (χ4v) is 5.08. The lowest BCUT2D eigenvalue weighted by Gasteiger charge is -2.27. The number of hydrogen-bond donors (Lipinski definition) is 1. The summed E-state index contributed by atoms with van der Waals surface area (Å²) in [4.78, 5) is 19.5. The molecular formula is C27H22Cl3FN4O. The van der Waals surface area contributed by atoms with Crippen molar-refractivity contribution >= 4 is 57.8 Å². The number of nitrogens with one attached hydrogen (secondary N) is 1. The number of aromatic nitrogens is 2. The van der Waals surface area contributed by atoms with E-state index >= 15 is 0 Å². The molecule has 2 aromatic carbocycles. The minimum atomic E-state index is -0.350. The maximum Gasteiger partial charge on any atom is 0.326 e. The molecule has 1 N–H and O–H groups in total. The molecule has 3 heterocycles. The number of hydrogen-bond acceptors (Lipinski definition) is 3. The van der Waals surface area contributed by atoms with Gasteiger partial charge >= 0.3 is 6.03 Å². The SMILES string of the molecule is O=C(NCc1ccnc(Cl)c1)n1c2c(c3cc(Cl)ccc31)CN(CC=Cc1ccc(Cl)cc1F)CC2. The van der Waals surface area contributed by atoms with Crippen LogP contribution in [0.2, 0.25) is 15.2 Å². The molecule has 184 valence electrons. The molecule has 36 heavy (non-hydrogen) atoms. The molecule has 4 aromatic rings. The van der Waals surface area contributed by atoms with E-state index in [-0.39, 0.29) is 11.8 Å². The lowest BCUT2D eigenvalue weighted by Crippen LogP contribution is -2.34. The molecule has 0 bridgehead atoms. The van der Waals surface area contributed by atoms with Crippen molar-refractivity contribution < 1.29 is 9.18 Å². The molecule has 1 aliphatic heterocycles. The zero-order valence-electron chi connectivity index (χ0n) is 19.1. The van der Waals surface area contributed by atoms with Crippen LogP contribution >= 0.6 is 34.8 Å².